The minimum atomic E-state index is -0.813. The molecule has 4 aliphatic rings. The van der Waals surface area contributed by atoms with Gasteiger partial charge in [-0.3, -0.25) is 10.00 Å². The van der Waals surface area contributed by atoms with Gasteiger partial charge >= 0.3 is 0 Å². The van der Waals surface area contributed by atoms with Gasteiger partial charge in [0.05, 0.1) is 22.6 Å². The molecule has 3 aromatic rings. The van der Waals surface area contributed by atoms with E-state index in [-0.39, 0.29) is 17.1 Å². The molecule has 0 radical (unpaired) electrons. The van der Waals surface area contributed by atoms with E-state index in [2.05, 4.69) is 34.1 Å². The summed E-state index contributed by atoms with van der Waals surface area (Å²) in [5, 5.41) is 23.9. The average Bonchev–Trinajstić information content (AvgIpc) is 3.83. The van der Waals surface area contributed by atoms with E-state index in [4.69, 9.17) is 19.8 Å². The summed E-state index contributed by atoms with van der Waals surface area (Å²) in [6, 6.07) is 7.24. The summed E-state index contributed by atoms with van der Waals surface area (Å²) >= 11 is 0. The number of nitrogens with one attached hydrogen (secondary N) is 2. The maximum atomic E-state index is 15.0. The van der Waals surface area contributed by atoms with Crippen molar-refractivity contribution in [3.63, 3.8) is 0 Å². The van der Waals surface area contributed by atoms with Gasteiger partial charge in [-0.2, -0.15) is 10.1 Å². The van der Waals surface area contributed by atoms with Crippen molar-refractivity contribution in [2.24, 2.45) is 9.98 Å². The molecule has 2 bridgehead atoms. The Hall–Kier alpha value is -3.83. The van der Waals surface area contributed by atoms with Crippen LogP contribution in [0.5, 0.6) is 5.75 Å². The lowest BCUT2D eigenvalue weighted by molar-refractivity contribution is 0.106. The van der Waals surface area contributed by atoms with Crippen LogP contribution in [0.15, 0.2) is 39.8 Å². The number of fused-ring (bicyclic) bond motifs is 4. The molecule has 5 heterocycles. The summed E-state index contributed by atoms with van der Waals surface area (Å²) in [6.07, 6.45) is 5.20. The fraction of sp³-hybridized carbons (Fsp3) is 0.553. The van der Waals surface area contributed by atoms with Crippen LogP contribution in [0.3, 0.4) is 0 Å². The van der Waals surface area contributed by atoms with Crippen molar-refractivity contribution in [1.29, 1.82) is 0 Å². The van der Waals surface area contributed by atoms with Crippen molar-refractivity contribution < 1.29 is 18.6 Å². The fourth-order valence-electron chi connectivity index (χ4n) is 8.54. The summed E-state index contributed by atoms with van der Waals surface area (Å²) in [4.78, 5) is 14.9. The summed E-state index contributed by atoms with van der Waals surface area (Å²) < 4.78 is 35.8. The molecule has 3 unspecified atom stereocenters. The number of piperazine rings is 1. The first-order chi connectivity index (χ1) is 23.6. The molecule has 3 N–H and O–H groups in total. The largest absolute Gasteiger partial charge is 0.508 e. The number of phenols is 1. The highest BCUT2D eigenvalue weighted by Gasteiger charge is 2.49. The van der Waals surface area contributed by atoms with Crippen LogP contribution < -0.4 is 5.32 Å². The van der Waals surface area contributed by atoms with Gasteiger partial charge in [-0.05, 0) is 99.0 Å². The number of ether oxygens (including phenoxy) is 1. The minimum absolute atomic E-state index is 0.0963. The second-order valence-corrected chi connectivity index (χ2v) is 14.5. The Kier molecular flexibility index (Phi) is 9.25. The third-order valence-corrected chi connectivity index (χ3v) is 11.2. The molecule has 4 saturated heterocycles. The number of aromatic nitrogens is 2. The highest BCUT2D eigenvalue weighted by Crippen LogP contribution is 2.41. The van der Waals surface area contributed by atoms with Crippen LogP contribution in [-0.2, 0) is 11.2 Å². The van der Waals surface area contributed by atoms with E-state index in [1.165, 1.54) is 6.07 Å². The Labute approximate surface area is 287 Å². The number of H-pyrrole nitrogens is 1. The molecule has 4 atom stereocenters. The first-order valence-electron chi connectivity index (χ1n) is 18.0. The van der Waals surface area contributed by atoms with Crippen molar-refractivity contribution >= 4 is 28.3 Å². The molecule has 9 nitrogen and oxygen atoms in total. The van der Waals surface area contributed by atoms with E-state index in [1.807, 2.05) is 20.8 Å². The number of halogens is 2. The molecular formula is C38H49F2N7O2. The molecule has 0 aliphatic carbocycles. The van der Waals surface area contributed by atoms with Gasteiger partial charge in [-0.1, -0.05) is 19.9 Å². The van der Waals surface area contributed by atoms with E-state index >= 15 is 4.39 Å². The first-order valence-corrected chi connectivity index (χ1v) is 18.0. The number of likely N-dealkylation sites (tertiary alicyclic amines) is 1. The number of phenolic OH excluding ortho intramolecular Hbond substituents is 1. The van der Waals surface area contributed by atoms with Gasteiger partial charge in [0.2, 0.25) is 5.96 Å². The molecule has 49 heavy (non-hydrogen) atoms. The van der Waals surface area contributed by atoms with E-state index < -0.39 is 6.17 Å². The van der Waals surface area contributed by atoms with Crippen LogP contribution in [-0.4, -0.2) is 93.5 Å². The molecule has 0 amide bonds. The lowest BCUT2D eigenvalue weighted by Gasteiger charge is -2.34. The van der Waals surface area contributed by atoms with Crippen LogP contribution in [0.25, 0.3) is 27.7 Å². The van der Waals surface area contributed by atoms with Crippen molar-refractivity contribution in [1.82, 2.24) is 25.3 Å². The number of aromatic hydroxyl groups is 1. The standard InChI is InChI=1S/C38H49F2N7O2/c1-6-22(3)34(36-23(4)35(44-45-36)31-16-29(48)15-25-9-12-32(40)30(7-2)33(25)31)43-37(46-19-27-10-11-28(20-46)42-27)41-24(5)49-21-38-13-8-14-47(38)18-26(39)17-38/h9,12,15-16,26-28,42,48H,6-8,10-11,13-14,17-21H2,1-5H3,(H,44,45)/b34-22+,41-24+,43-37-/t26?,27?,28?,38-/m0/s1. The number of aryl methyl sites for hydroxylation is 1. The fourth-order valence-corrected chi connectivity index (χ4v) is 8.54. The number of aliphatic imine (C=N–C) groups is 2. The number of nitrogens with zero attached hydrogens (tertiary/aromatic N) is 5. The Balaban J connectivity index is 1.28. The molecule has 4 aliphatic heterocycles. The predicted molar refractivity (Wildman–Crippen MR) is 191 cm³/mol. The van der Waals surface area contributed by atoms with Gasteiger partial charge < -0.3 is 20.1 Å². The SMILES string of the molecule is CC/C(C)=C(/N=C(/N=C(\C)OC[C@@]12CCCN1CC(F)C2)N1CC2CCC(C1)N2)c1[nH]nc(-c2cc(O)cc3ccc(F)c(CC)c23)c1C. The van der Waals surface area contributed by atoms with Gasteiger partial charge in [0.1, 0.15) is 24.3 Å². The maximum Gasteiger partial charge on any atom is 0.229 e. The van der Waals surface area contributed by atoms with Gasteiger partial charge in [-0.15, -0.1) is 0 Å². The number of alkyl halides is 1. The van der Waals surface area contributed by atoms with E-state index in [0.29, 0.717) is 66.8 Å². The highest BCUT2D eigenvalue weighted by atomic mass is 19.1. The lowest BCUT2D eigenvalue weighted by atomic mass is 9.93. The minimum Gasteiger partial charge on any atom is -0.508 e. The zero-order valence-corrected chi connectivity index (χ0v) is 29.4. The maximum absolute atomic E-state index is 15.0. The average molecular weight is 674 g/mol. The van der Waals surface area contributed by atoms with Gasteiger partial charge in [0.25, 0.3) is 0 Å². The molecule has 2 aromatic carbocycles. The van der Waals surface area contributed by atoms with Crippen LogP contribution in [0.1, 0.15) is 83.0 Å². The van der Waals surface area contributed by atoms with E-state index in [1.54, 1.807) is 18.2 Å². The molecule has 0 spiro atoms. The Morgan fingerprint density at radius 1 is 1.12 bits per heavy atom. The Bertz CT molecular complexity index is 1820. The monoisotopic (exact) mass is 673 g/mol. The quantitative estimate of drug-likeness (QED) is 0.187. The number of aromatic amines is 1. The topological polar surface area (TPSA) is 101 Å². The van der Waals surface area contributed by atoms with Crippen molar-refractivity contribution in [2.45, 2.75) is 103 Å². The first kappa shape index (κ1) is 33.7. The van der Waals surface area contributed by atoms with Crippen LogP contribution in [0.4, 0.5) is 8.78 Å². The number of allylic oxidation sites excluding steroid dienone is 1. The van der Waals surface area contributed by atoms with E-state index in [0.717, 1.165) is 85.0 Å². The number of guanidine groups is 1. The van der Waals surface area contributed by atoms with Crippen molar-refractivity contribution in [2.75, 3.05) is 32.8 Å². The smallest absolute Gasteiger partial charge is 0.229 e. The summed E-state index contributed by atoms with van der Waals surface area (Å²) in [5.74, 6) is 0.927. The molecule has 262 valence electrons. The third kappa shape index (κ3) is 6.36. The van der Waals surface area contributed by atoms with E-state index in [9.17, 15) is 9.50 Å². The normalized spacial score (nSPS) is 26.5. The van der Waals surface area contributed by atoms with Crippen LogP contribution >= 0.6 is 0 Å². The number of hydrogen-bond donors (Lipinski definition) is 3. The predicted octanol–water partition coefficient (Wildman–Crippen LogP) is 6.89. The van der Waals surface area contributed by atoms with Gasteiger partial charge in [-0.25, -0.2) is 13.8 Å². The summed E-state index contributed by atoms with van der Waals surface area (Å²) in [7, 11) is 0. The number of hydrogen-bond acceptors (Lipinski definition) is 6. The molecule has 11 heteroatoms. The van der Waals surface area contributed by atoms with Gasteiger partial charge in [0.15, 0.2) is 5.90 Å². The van der Waals surface area contributed by atoms with Gasteiger partial charge in [0, 0.05) is 56.2 Å². The molecular weight excluding hydrogens is 624 g/mol. The second kappa shape index (κ2) is 13.5. The Morgan fingerprint density at radius 2 is 1.90 bits per heavy atom. The van der Waals surface area contributed by atoms with Crippen LogP contribution in [0, 0.1) is 12.7 Å². The lowest BCUT2D eigenvalue weighted by Crippen LogP contribution is -2.52. The summed E-state index contributed by atoms with van der Waals surface area (Å²) in [6.45, 7) is 13.4. The third-order valence-electron chi connectivity index (χ3n) is 11.2. The molecule has 1 aromatic heterocycles. The highest BCUT2D eigenvalue weighted by molar-refractivity contribution is 6.01. The number of rotatable bonds is 7. The summed E-state index contributed by atoms with van der Waals surface area (Å²) in [5.41, 5.74) is 5.06. The number of benzene rings is 2. The van der Waals surface area contributed by atoms with Crippen molar-refractivity contribution in [3.05, 3.63) is 52.5 Å². The molecule has 7 rings (SSSR count). The van der Waals surface area contributed by atoms with Crippen LogP contribution in [0.2, 0.25) is 0 Å². The zero-order valence-electron chi connectivity index (χ0n) is 29.4. The molecule has 0 saturated carbocycles. The molecule has 4 fully saturated rings. The second-order valence-electron chi connectivity index (χ2n) is 14.5. The Morgan fingerprint density at radius 3 is 2.63 bits per heavy atom. The zero-order chi connectivity index (χ0) is 34.4. The van der Waals surface area contributed by atoms with Crippen molar-refractivity contribution in [3.8, 4) is 17.0 Å².